The van der Waals surface area contributed by atoms with Gasteiger partial charge in [-0.25, -0.2) is 0 Å². The molecule has 0 aromatic carbocycles. The third-order valence-electron chi connectivity index (χ3n) is 1.70. The van der Waals surface area contributed by atoms with Gasteiger partial charge in [-0.15, -0.1) is 0 Å². The monoisotopic (exact) mass is 226 g/mol. The first kappa shape index (κ1) is 14.2. The van der Waals surface area contributed by atoms with Gasteiger partial charge in [0.15, 0.2) is 0 Å². The number of hydrogen-bond donors (Lipinski definition) is 1. The van der Waals surface area contributed by atoms with Crippen molar-refractivity contribution < 1.29 is 18.0 Å². The Labute approximate surface area is 87.4 Å². The Morgan fingerprint density at radius 1 is 1.40 bits per heavy atom. The van der Waals surface area contributed by atoms with Gasteiger partial charge >= 0.3 is 6.18 Å². The summed E-state index contributed by atoms with van der Waals surface area (Å²) in [5.74, 6) is -0.446. The highest BCUT2D eigenvalue weighted by atomic mass is 19.4. The predicted octanol–water partition coefficient (Wildman–Crippen LogP) is 1.38. The van der Waals surface area contributed by atoms with Gasteiger partial charge in [0, 0.05) is 19.5 Å². The zero-order valence-corrected chi connectivity index (χ0v) is 8.97. The molecule has 0 spiro atoms. The number of halogens is 3. The maximum atomic E-state index is 12.1. The minimum Gasteiger partial charge on any atom is -0.332 e. The molecule has 0 aromatic rings. The maximum absolute atomic E-state index is 12.1. The van der Waals surface area contributed by atoms with Crippen molar-refractivity contribution in [2.75, 3.05) is 19.6 Å². The first-order valence-electron chi connectivity index (χ1n) is 4.81. The van der Waals surface area contributed by atoms with Crippen LogP contribution in [-0.4, -0.2) is 36.6 Å². The van der Waals surface area contributed by atoms with Gasteiger partial charge in [0.2, 0.25) is 5.91 Å². The van der Waals surface area contributed by atoms with Gasteiger partial charge < -0.3 is 10.6 Å². The summed E-state index contributed by atoms with van der Waals surface area (Å²) < 4.78 is 36.3. The molecular weight excluding hydrogens is 209 g/mol. The lowest BCUT2D eigenvalue weighted by atomic mass is 10.1. The van der Waals surface area contributed by atoms with Crippen LogP contribution in [0.4, 0.5) is 13.2 Å². The lowest BCUT2D eigenvalue weighted by Gasteiger charge is -2.24. The highest BCUT2D eigenvalue weighted by Crippen LogP contribution is 2.17. The molecule has 0 fully saturated rings. The number of rotatable bonds is 5. The van der Waals surface area contributed by atoms with E-state index in [4.69, 9.17) is 5.73 Å². The third kappa shape index (κ3) is 7.18. The van der Waals surface area contributed by atoms with E-state index in [2.05, 4.69) is 0 Å². The Morgan fingerprint density at radius 3 is 2.27 bits per heavy atom. The molecule has 90 valence electrons. The number of alkyl halides is 3. The summed E-state index contributed by atoms with van der Waals surface area (Å²) in [6.07, 6.45) is -4.24. The van der Waals surface area contributed by atoms with Crippen molar-refractivity contribution in [3.63, 3.8) is 0 Å². The predicted molar refractivity (Wildman–Crippen MR) is 51.1 cm³/mol. The molecule has 1 amide bonds. The maximum Gasteiger partial charge on any atom is 0.406 e. The topological polar surface area (TPSA) is 46.3 Å². The molecule has 0 aliphatic rings. The molecule has 2 N–H and O–H groups in total. The molecule has 0 aliphatic carbocycles. The van der Waals surface area contributed by atoms with Crippen LogP contribution in [0.1, 0.15) is 20.3 Å². The van der Waals surface area contributed by atoms with Crippen molar-refractivity contribution in [3.05, 3.63) is 0 Å². The fraction of sp³-hybridized carbons (Fsp3) is 0.889. The van der Waals surface area contributed by atoms with E-state index in [1.54, 1.807) is 13.8 Å². The summed E-state index contributed by atoms with van der Waals surface area (Å²) in [6, 6.07) is 0. The van der Waals surface area contributed by atoms with Crippen molar-refractivity contribution in [2.24, 2.45) is 11.7 Å². The van der Waals surface area contributed by atoms with Crippen LogP contribution in [0.25, 0.3) is 0 Å². The number of carbonyl (C=O) groups excluding carboxylic acids is 1. The molecule has 0 unspecified atom stereocenters. The van der Waals surface area contributed by atoms with E-state index in [0.29, 0.717) is 0 Å². The van der Waals surface area contributed by atoms with Gasteiger partial charge in [-0.05, 0) is 5.92 Å². The van der Waals surface area contributed by atoms with E-state index >= 15 is 0 Å². The number of carbonyl (C=O) groups is 1. The molecule has 0 radical (unpaired) electrons. The zero-order valence-electron chi connectivity index (χ0n) is 8.97. The summed E-state index contributed by atoms with van der Waals surface area (Å²) in [5.41, 5.74) is 5.16. The Bertz CT molecular complexity index is 204. The second-order valence-electron chi connectivity index (χ2n) is 3.82. The molecule has 6 heteroatoms. The fourth-order valence-corrected chi connectivity index (χ4v) is 1.14. The van der Waals surface area contributed by atoms with Crippen molar-refractivity contribution in [3.8, 4) is 0 Å². The molecule has 0 rings (SSSR count). The van der Waals surface area contributed by atoms with Crippen LogP contribution >= 0.6 is 0 Å². The number of hydrogen-bond acceptors (Lipinski definition) is 2. The zero-order chi connectivity index (χ0) is 12.1. The first-order chi connectivity index (χ1) is 6.76. The van der Waals surface area contributed by atoms with Gasteiger partial charge in [0.25, 0.3) is 0 Å². The lowest BCUT2D eigenvalue weighted by molar-refractivity contribution is -0.161. The average molecular weight is 226 g/mol. The van der Waals surface area contributed by atoms with Crippen LogP contribution in [0.3, 0.4) is 0 Å². The van der Waals surface area contributed by atoms with Gasteiger partial charge in [-0.3, -0.25) is 4.79 Å². The van der Waals surface area contributed by atoms with E-state index in [0.717, 1.165) is 4.90 Å². The van der Waals surface area contributed by atoms with Gasteiger partial charge in [-0.2, -0.15) is 13.2 Å². The Hall–Kier alpha value is -0.780. The van der Waals surface area contributed by atoms with Crippen molar-refractivity contribution in [1.82, 2.24) is 4.90 Å². The van der Waals surface area contributed by atoms with Crippen molar-refractivity contribution in [2.45, 2.75) is 26.4 Å². The average Bonchev–Trinajstić information content (AvgIpc) is 1.99. The molecule has 15 heavy (non-hydrogen) atoms. The highest BCUT2D eigenvalue weighted by molar-refractivity contribution is 5.76. The lowest BCUT2D eigenvalue weighted by Crippen LogP contribution is -2.42. The van der Waals surface area contributed by atoms with Crippen LogP contribution in [0.2, 0.25) is 0 Å². The minimum absolute atomic E-state index is 0.0416. The minimum atomic E-state index is -4.36. The number of nitrogens with zero attached hydrogens (tertiary/aromatic N) is 1. The number of nitrogens with two attached hydrogens (primary N) is 1. The third-order valence-corrected chi connectivity index (χ3v) is 1.70. The summed E-state index contributed by atoms with van der Waals surface area (Å²) in [6.45, 7) is 2.35. The van der Waals surface area contributed by atoms with Crippen LogP contribution in [0, 0.1) is 5.92 Å². The van der Waals surface area contributed by atoms with E-state index in [-0.39, 0.29) is 25.4 Å². The molecule has 0 saturated carbocycles. The van der Waals surface area contributed by atoms with Crippen LogP contribution < -0.4 is 5.73 Å². The summed E-state index contributed by atoms with van der Waals surface area (Å²) in [5, 5.41) is 0. The molecular formula is C9H17F3N2O. The smallest absolute Gasteiger partial charge is 0.332 e. The molecule has 0 atom stereocenters. The summed E-state index contributed by atoms with van der Waals surface area (Å²) in [4.78, 5) is 12.2. The summed E-state index contributed by atoms with van der Waals surface area (Å²) >= 11 is 0. The normalized spacial score (nSPS) is 11.9. The molecule has 0 saturated heterocycles. The van der Waals surface area contributed by atoms with Crippen molar-refractivity contribution in [1.29, 1.82) is 0 Å². The summed E-state index contributed by atoms with van der Waals surface area (Å²) in [7, 11) is 0. The van der Waals surface area contributed by atoms with Gasteiger partial charge in [-0.1, -0.05) is 13.8 Å². The van der Waals surface area contributed by atoms with E-state index in [9.17, 15) is 18.0 Å². The van der Waals surface area contributed by atoms with Crippen LogP contribution in [0.15, 0.2) is 0 Å². The van der Waals surface area contributed by atoms with Crippen LogP contribution in [0.5, 0.6) is 0 Å². The van der Waals surface area contributed by atoms with Gasteiger partial charge in [0.05, 0.1) is 0 Å². The standard InChI is InChI=1S/C9H17F3N2O/c1-7(2)5-8(15)14(4-3-13)6-9(10,11)12/h7H,3-6,13H2,1-2H3. The first-order valence-corrected chi connectivity index (χ1v) is 4.81. The quantitative estimate of drug-likeness (QED) is 0.769. The Morgan fingerprint density at radius 2 is 1.93 bits per heavy atom. The number of amides is 1. The molecule has 0 bridgehead atoms. The van der Waals surface area contributed by atoms with Crippen molar-refractivity contribution >= 4 is 5.91 Å². The second-order valence-corrected chi connectivity index (χ2v) is 3.82. The SMILES string of the molecule is CC(C)CC(=O)N(CCN)CC(F)(F)F. The molecule has 0 aromatic heterocycles. The van der Waals surface area contributed by atoms with Gasteiger partial charge in [0.1, 0.15) is 6.54 Å². The Kier molecular flexibility index (Phi) is 5.64. The fourth-order valence-electron chi connectivity index (χ4n) is 1.14. The Balaban J connectivity index is 4.31. The van der Waals surface area contributed by atoms with E-state index < -0.39 is 18.6 Å². The molecule has 0 heterocycles. The van der Waals surface area contributed by atoms with Crippen LogP contribution in [-0.2, 0) is 4.79 Å². The largest absolute Gasteiger partial charge is 0.406 e. The van der Waals surface area contributed by atoms with E-state index in [1.165, 1.54) is 0 Å². The van der Waals surface area contributed by atoms with E-state index in [1.807, 2.05) is 0 Å². The second kappa shape index (κ2) is 5.95. The highest BCUT2D eigenvalue weighted by Gasteiger charge is 2.32. The molecule has 3 nitrogen and oxygen atoms in total. The molecule has 0 aliphatic heterocycles.